The SMILES string of the molecule is Cc1nn(-c2ccc(Cl)cc2)c2c1[C@H](c1ccc(OC(C)C)cc1)SCC(=O)N2. The summed E-state index contributed by atoms with van der Waals surface area (Å²) in [7, 11) is 0. The smallest absolute Gasteiger partial charge is 0.235 e. The average molecular weight is 428 g/mol. The number of nitrogens with zero attached hydrogens (tertiary/aromatic N) is 2. The van der Waals surface area contributed by atoms with Crippen LogP contribution in [0.1, 0.15) is 35.9 Å². The summed E-state index contributed by atoms with van der Waals surface area (Å²) in [6, 6.07) is 15.5. The van der Waals surface area contributed by atoms with Gasteiger partial charge in [-0.05, 0) is 62.7 Å². The molecule has 29 heavy (non-hydrogen) atoms. The van der Waals surface area contributed by atoms with Crippen molar-refractivity contribution in [3.8, 4) is 11.4 Å². The number of carbonyl (C=O) groups excluding carboxylic acids is 1. The van der Waals surface area contributed by atoms with Gasteiger partial charge in [-0.15, -0.1) is 11.8 Å². The van der Waals surface area contributed by atoms with Gasteiger partial charge in [0.2, 0.25) is 5.91 Å². The van der Waals surface area contributed by atoms with Gasteiger partial charge in [-0.2, -0.15) is 5.10 Å². The van der Waals surface area contributed by atoms with Crippen molar-refractivity contribution in [1.29, 1.82) is 0 Å². The van der Waals surface area contributed by atoms with Crippen molar-refractivity contribution in [2.45, 2.75) is 32.1 Å². The number of fused-ring (bicyclic) bond motifs is 1. The van der Waals surface area contributed by atoms with E-state index in [1.165, 1.54) is 0 Å². The van der Waals surface area contributed by atoms with Crippen LogP contribution in [0.15, 0.2) is 48.5 Å². The van der Waals surface area contributed by atoms with Crippen LogP contribution in [-0.4, -0.2) is 27.5 Å². The summed E-state index contributed by atoms with van der Waals surface area (Å²) < 4.78 is 7.55. The lowest BCUT2D eigenvalue weighted by molar-refractivity contribution is -0.113. The summed E-state index contributed by atoms with van der Waals surface area (Å²) in [5.74, 6) is 1.90. The number of nitrogens with one attached hydrogen (secondary N) is 1. The lowest BCUT2D eigenvalue weighted by atomic mass is 10.0. The monoisotopic (exact) mass is 427 g/mol. The normalized spacial score (nSPS) is 16.3. The molecule has 0 fully saturated rings. The van der Waals surface area contributed by atoms with Crippen molar-refractivity contribution in [3.63, 3.8) is 0 Å². The molecule has 3 aromatic rings. The Kier molecular flexibility index (Phi) is 5.56. The van der Waals surface area contributed by atoms with Crippen LogP contribution in [0.3, 0.4) is 0 Å². The van der Waals surface area contributed by atoms with E-state index in [4.69, 9.17) is 21.4 Å². The Morgan fingerprint density at radius 3 is 2.52 bits per heavy atom. The first-order chi connectivity index (χ1) is 13.9. The molecule has 0 radical (unpaired) electrons. The number of rotatable bonds is 4. The molecule has 2 heterocycles. The Hall–Kier alpha value is -2.44. The predicted octanol–water partition coefficient (Wildman–Crippen LogP) is 5.40. The molecule has 1 amide bonds. The summed E-state index contributed by atoms with van der Waals surface area (Å²) in [6.45, 7) is 5.99. The van der Waals surface area contributed by atoms with Crippen molar-refractivity contribution in [2.24, 2.45) is 0 Å². The zero-order chi connectivity index (χ0) is 20.5. The third kappa shape index (κ3) is 4.14. The summed E-state index contributed by atoms with van der Waals surface area (Å²) in [4.78, 5) is 12.4. The van der Waals surface area contributed by atoms with E-state index < -0.39 is 0 Å². The third-order valence-corrected chi connectivity index (χ3v) is 6.16. The Morgan fingerprint density at radius 2 is 1.86 bits per heavy atom. The third-order valence-electron chi connectivity index (χ3n) is 4.63. The zero-order valence-corrected chi connectivity index (χ0v) is 18.1. The largest absolute Gasteiger partial charge is 0.491 e. The molecule has 0 saturated carbocycles. The number of halogens is 1. The predicted molar refractivity (Wildman–Crippen MR) is 118 cm³/mol. The van der Waals surface area contributed by atoms with E-state index in [1.807, 2.05) is 57.2 Å². The first kappa shape index (κ1) is 19.9. The lowest BCUT2D eigenvalue weighted by Gasteiger charge is -2.16. The topological polar surface area (TPSA) is 56.2 Å². The molecule has 0 unspecified atom stereocenters. The second kappa shape index (κ2) is 8.13. The molecule has 1 atom stereocenters. The molecule has 1 aromatic heterocycles. The standard InChI is InChI=1S/C22H22ClN3O2S/c1-13(2)28-18-10-4-15(5-11-18)21-20-14(3)25-26(17-8-6-16(23)7-9-17)22(20)24-19(27)12-29-21/h4-11,13,21H,12H2,1-3H3,(H,24,27)/t21-/m0/s1. The summed E-state index contributed by atoms with van der Waals surface area (Å²) >= 11 is 7.64. The number of hydrogen-bond donors (Lipinski definition) is 1. The van der Waals surface area contributed by atoms with E-state index in [9.17, 15) is 4.79 Å². The van der Waals surface area contributed by atoms with Gasteiger partial charge in [-0.3, -0.25) is 4.79 Å². The number of amides is 1. The summed E-state index contributed by atoms with van der Waals surface area (Å²) in [6.07, 6.45) is 0.126. The highest BCUT2D eigenvalue weighted by Crippen LogP contribution is 2.44. The number of aryl methyl sites for hydroxylation is 1. The van der Waals surface area contributed by atoms with Gasteiger partial charge in [0.15, 0.2) is 0 Å². The molecule has 1 aliphatic heterocycles. The van der Waals surface area contributed by atoms with E-state index in [0.717, 1.165) is 28.3 Å². The number of thioether (sulfide) groups is 1. The Balaban J connectivity index is 1.77. The number of aromatic nitrogens is 2. The lowest BCUT2D eigenvalue weighted by Crippen LogP contribution is -2.15. The molecular formula is C22H22ClN3O2S. The summed E-state index contributed by atoms with van der Waals surface area (Å²) in [5, 5.41) is 8.42. The summed E-state index contributed by atoms with van der Waals surface area (Å²) in [5.41, 5.74) is 3.87. The minimum absolute atomic E-state index is 0.00176. The van der Waals surface area contributed by atoms with E-state index in [0.29, 0.717) is 16.6 Å². The van der Waals surface area contributed by atoms with Crippen LogP contribution in [-0.2, 0) is 4.79 Å². The fourth-order valence-corrected chi connectivity index (χ4v) is 4.72. The van der Waals surface area contributed by atoms with Crippen LogP contribution in [0, 0.1) is 6.92 Å². The van der Waals surface area contributed by atoms with Gasteiger partial charge in [0.1, 0.15) is 11.6 Å². The van der Waals surface area contributed by atoms with Crippen molar-refractivity contribution < 1.29 is 9.53 Å². The Bertz CT molecular complexity index is 1030. The van der Waals surface area contributed by atoms with Crippen LogP contribution in [0.4, 0.5) is 5.82 Å². The molecule has 0 aliphatic carbocycles. The molecule has 1 N–H and O–H groups in total. The fraction of sp³-hybridized carbons (Fsp3) is 0.273. The van der Waals surface area contributed by atoms with Gasteiger partial charge >= 0.3 is 0 Å². The molecular weight excluding hydrogens is 406 g/mol. The van der Waals surface area contributed by atoms with Gasteiger partial charge in [-0.1, -0.05) is 23.7 Å². The maximum Gasteiger partial charge on any atom is 0.235 e. The molecule has 2 aromatic carbocycles. The fourth-order valence-electron chi connectivity index (χ4n) is 3.41. The van der Waals surface area contributed by atoms with Gasteiger partial charge in [-0.25, -0.2) is 4.68 Å². The molecule has 0 spiro atoms. The number of hydrogen-bond acceptors (Lipinski definition) is 4. The number of ether oxygens (including phenoxy) is 1. The van der Waals surface area contributed by atoms with Crippen LogP contribution < -0.4 is 10.1 Å². The average Bonchev–Trinajstić information content (AvgIpc) is 2.89. The first-order valence-electron chi connectivity index (χ1n) is 9.46. The molecule has 0 bridgehead atoms. The van der Waals surface area contributed by atoms with Crippen molar-refractivity contribution in [2.75, 3.05) is 11.1 Å². The number of anilines is 1. The van der Waals surface area contributed by atoms with Gasteiger partial charge < -0.3 is 10.1 Å². The van der Waals surface area contributed by atoms with Crippen LogP contribution in [0.5, 0.6) is 5.75 Å². The van der Waals surface area contributed by atoms with Crippen LogP contribution in [0.25, 0.3) is 5.69 Å². The second-order valence-electron chi connectivity index (χ2n) is 7.21. The van der Waals surface area contributed by atoms with Crippen molar-refractivity contribution in [1.82, 2.24) is 9.78 Å². The first-order valence-corrected chi connectivity index (χ1v) is 10.9. The molecule has 5 nitrogen and oxygen atoms in total. The highest BCUT2D eigenvalue weighted by atomic mass is 35.5. The number of carbonyl (C=O) groups is 1. The van der Waals surface area contributed by atoms with E-state index >= 15 is 0 Å². The maximum atomic E-state index is 12.4. The molecule has 4 rings (SSSR count). The zero-order valence-electron chi connectivity index (χ0n) is 16.5. The van der Waals surface area contributed by atoms with Crippen molar-refractivity contribution in [3.05, 3.63) is 70.4 Å². The van der Waals surface area contributed by atoms with Gasteiger partial charge in [0, 0.05) is 10.6 Å². The Morgan fingerprint density at radius 1 is 1.17 bits per heavy atom. The van der Waals surface area contributed by atoms with E-state index in [2.05, 4.69) is 17.4 Å². The van der Waals surface area contributed by atoms with Crippen LogP contribution in [0.2, 0.25) is 5.02 Å². The molecule has 1 aliphatic rings. The van der Waals surface area contributed by atoms with Gasteiger partial charge in [0.25, 0.3) is 0 Å². The van der Waals surface area contributed by atoms with Crippen molar-refractivity contribution >= 4 is 35.1 Å². The second-order valence-corrected chi connectivity index (χ2v) is 8.74. The molecule has 7 heteroatoms. The molecule has 0 saturated heterocycles. The minimum atomic E-state index is -0.0337. The quantitative estimate of drug-likeness (QED) is 0.606. The maximum absolute atomic E-state index is 12.4. The number of benzene rings is 2. The van der Waals surface area contributed by atoms with E-state index in [-0.39, 0.29) is 17.3 Å². The van der Waals surface area contributed by atoms with Crippen LogP contribution >= 0.6 is 23.4 Å². The highest BCUT2D eigenvalue weighted by molar-refractivity contribution is 8.00. The van der Waals surface area contributed by atoms with Gasteiger partial charge in [0.05, 0.1) is 28.5 Å². The highest BCUT2D eigenvalue weighted by Gasteiger charge is 2.30. The minimum Gasteiger partial charge on any atom is -0.491 e. The van der Waals surface area contributed by atoms with E-state index in [1.54, 1.807) is 16.4 Å². The Labute approximate surface area is 179 Å². The molecule has 150 valence electrons.